The van der Waals surface area contributed by atoms with Crippen molar-refractivity contribution < 1.29 is 14.7 Å². The van der Waals surface area contributed by atoms with Crippen LogP contribution in [0.1, 0.15) is 27.6 Å². The Morgan fingerprint density at radius 3 is 1.86 bits per heavy atom. The van der Waals surface area contributed by atoms with Crippen LogP contribution >= 0.6 is 0 Å². The number of phenols is 1. The quantitative estimate of drug-likeness (QED) is 0.448. The minimum Gasteiger partial charge on any atom is -0.507 e. The predicted molar refractivity (Wildman–Crippen MR) is 115 cm³/mol. The van der Waals surface area contributed by atoms with Gasteiger partial charge < -0.3 is 10.4 Å². The Balaban J connectivity index is 1.57. The number of aromatic hydroxyl groups is 1. The van der Waals surface area contributed by atoms with E-state index in [2.05, 4.69) is 5.32 Å². The summed E-state index contributed by atoms with van der Waals surface area (Å²) in [6.07, 6.45) is 0. The number of anilines is 1. The van der Waals surface area contributed by atoms with E-state index in [4.69, 9.17) is 0 Å². The van der Waals surface area contributed by atoms with Gasteiger partial charge in [0.1, 0.15) is 5.75 Å². The molecule has 4 aromatic carbocycles. The molecule has 0 saturated carbocycles. The lowest BCUT2D eigenvalue weighted by Gasteiger charge is -2.10. The second-order valence-electron chi connectivity index (χ2n) is 6.85. The highest BCUT2D eigenvalue weighted by Gasteiger charge is 2.11. The SMILES string of the molecule is CC(=O)c1ccc(-c2ccc(C(=O)Nc3cccc4cccc(O)c34)cc2)cc1. The molecule has 29 heavy (non-hydrogen) atoms. The minimum atomic E-state index is -0.251. The van der Waals surface area contributed by atoms with Crippen LogP contribution in [0.4, 0.5) is 5.69 Å². The molecule has 4 rings (SSSR count). The van der Waals surface area contributed by atoms with Crippen molar-refractivity contribution in [2.45, 2.75) is 6.92 Å². The third-order valence-electron chi connectivity index (χ3n) is 4.90. The molecule has 0 unspecified atom stereocenters. The molecule has 0 saturated heterocycles. The summed E-state index contributed by atoms with van der Waals surface area (Å²) in [5.41, 5.74) is 3.68. The standard InChI is InChI=1S/C25H19NO3/c1-16(27)17-8-10-18(11-9-17)19-12-14-21(15-13-19)25(29)26-22-6-2-4-20-5-3-7-23(28)24(20)22/h2-15,28H,1H3,(H,26,29). The van der Waals surface area contributed by atoms with Gasteiger partial charge >= 0.3 is 0 Å². The van der Waals surface area contributed by atoms with Gasteiger partial charge in [0.15, 0.2) is 5.78 Å². The first-order chi connectivity index (χ1) is 14.0. The van der Waals surface area contributed by atoms with Gasteiger partial charge in [-0.05, 0) is 47.7 Å². The van der Waals surface area contributed by atoms with Crippen LogP contribution in [0, 0.1) is 0 Å². The fourth-order valence-corrected chi connectivity index (χ4v) is 3.33. The summed E-state index contributed by atoms with van der Waals surface area (Å²) in [5, 5.41) is 14.5. The van der Waals surface area contributed by atoms with Crippen LogP contribution in [-0.4, -0.2) is 16.8 Å². The highest BCUT2D eigenvalue weighted by Crippen LogP contribution is 2.31. The van der Waals surface area contributed by atoms with Crippen LogP contribution < -0.4 is 5.32 Å². The van der Waals surface area contributed by atoms with Crippen molar-refractivity contribution >= 4 is 28.2 Å². The molecule has 142 valence electrons. The van der Waals surface area contributed by atoms with E-state index in [9.17, 15) is 14.7 Å². The van der Waals surface area contributed by atoms with Crippen LogP contribution in [0.15, 0.2) is 84.9 Å². The molecule has 0 aromatic heterocycles. The highest BCUT2D eigenvalue weighted by molar-refractivity contribution is 6.10. The Bertz CT molecular complexity index is 1200. The molecule has 0 spiro atoms. The lowest BCUT2D eigenvalue weighted by Crippen LogP contribution is -2.12. The number of Topliss-reactive ketones (excluding diaryl/α,β-unsaturated/α-hetero) is 1. The van der Waals surface area contributed by atoms with Gasteiger partial charge in [-0.3, -0.25) is 9.59 Å². The second kappa shape index (κ2) is 7.60. The predicted octanol–water partition coefficient (Wildman–Crippen LogP) is 5.67. The summed E-state index contributed by atoms with van der Waals surface area (Å²) in [6, 6.07) is 25.4. The molecular weight excluding hydrogens is 362 g/mol. The van der Waals surface area contributed by atoms with Crippen molar-refractivity contribution in [3.05, 3.63) is 96.1 Å². The molecule has 4 heteroatoms. The molecule has 0 aliphatic carbocycles. The maximum atomic E-state index is 12.7. The number of nitrogens with one attached hydrogen (secondary N) is 1. The van der Waals surface area contributed by atoms with E-state index >= 15 is 0 Å². The van der Waals surface area contributed by atoms with Crippen molar-refractivity contribution in [3.8, 4) is 16.9 Å². The molecule has 0 radical (unpaired) electrons. The summed E-state index contributed by atoms with van der Waals surface area (Å²) in [7, 11) is 0. The van der Waals surface area contributed by atoms with Gasteiger partial charge in [0, 0.05) is 16.5 Å². The van der Waals surface area contributed by atoms with Crippen LogP contribution in [0.25, 0.3) is 21.9 Å². The van der Waals surface area contributed by atoms with Gasteiger partial charge in [-0.1, -0.05) is 60.7 Å². The number of ketones is 1. The van der Waals surface area contributed by atoms with Crippen LogP contribution in [0.5, 0.6) is 5.75 Å². The van der Waals surface area contributed by atoms with E-state index < -0.39 is 0 Å². The minimum absolute atomic E-state index is 0.0306. The summed E-state index contributed by atoms with van der Waals surface area (Å²) in [4.78, 5) is 24.1. The van der Waals surface area contributed by atoms with Gasteiger partial charge in [0.05, 0.1) is 5.69 Å². The summed E-state index contributed by atoms with van der Waals surface area (Å²) < 4.78 is 0. The molecule has 0 aliphatic rings. The Morgan fingerprint density at radius 1 is 0.724 bits per heavy atom. The summed E-state index contributed by atoms with van der Waals surface area (Å²) >= 11 is 0. The van der Waals surface area contributed by atoms with E-state index in [1.54, 1.807) is 42.5 Å². The topological polar surface area (TPSA) is 66.4 Å². The second-order valence-corrected chi connectivity index (χ2v) is 6.85. The van der Waals surface area contributed by atoms with Gasteiger partial charge in [0.25, 0.3) is 5.91 Å². The number of fused-ring (bicyclic) bond motifs is 1. The Morgan fingerprint density at radius 2 is 1.28 bits per heavy atom. The molecule has 0 heterocycles. The van der Waals surface area contributed by atoms with E-state index in [1.807, 2.05) is 42.5 Å². The Hall–Kier alpha value is -3.92. The molecule has 2 N–H and O–H groups in total. The summed E-state index contributed by atoms with van der Waals surface area (Å²) in [6.45, 7) is 1.54. The number of rotatable bonds is 4. The van der Waals surface area contributed by atoms with Crippen molar-refractivity contribution in [1.29, 1.82) is 0 Å². The third-order valence-corrected chi connectivity index (χ3v) is 4.90. The zero-order chi connectivity index (χ0) is 20.4. The number of phenolic OH excluding ortho intramolecular Hbond substituents is 1. The third kappa shape index (κ3) is 3.73. The number of benzene rings is 4. The van der Waals surface area contributed by atoms with Crippen molar-refractivity contribution in [3.63, 3.8) is 0 Å². The number of hydrogen-bond donors (Lipinski definition) is 2. The number of hydrogen-bond acceptors (Lipinski definition) is 3. The first kappa shape index (κ1) is 18.4. The zero-order valence-corrected chi connectivity index (χ0v) is 15.8. The number of carbonyl (C=O) groups is 2. The first-order valence-corrected chi connectivity index (χ1v) is 9.26. The number of amides is 1. The maximum absolute atomic E-state index is 12.7. The molecule has 0 atom stereocenters. The highest BCUT2D eigenvalue weighted by atomic mass is 16.3. The van der Waals surface area contributed by atoms with Crippen molar-refractivity contribution in [2.24, 2.45) is 0 Å². The molecule has 0 aliphatic heterocycles. The largest absolute Gasteiger partial charge is 0.507 e. The molecule has 4 nitrogen and oxygen atoms in total. The fourth-order valence-electron chi connectivity index (χ4n) is 3.33. The molecule has 1 amide bonds. The fraction of sp³-hybridized carbons (Fsp3) is 0.0400. The Labute approximate surface area is 168 Å². The molecule has 4 aromatic rings. The van der Waals surface area contributed by atoms with Gasteiger partial charge in [-0.25, -0.2) is 0 Å². The summed E-state index contributed by atoms with van der Waals surface area (Å²) in [5.74, 6) is -0.0926. The van der Waals surface area contributed by atoms with Gasteiger partial charge in [-0.2, -0.15) is 0 Å². The average molecular weight is 381 g/mol. The lowest BCUT2D eigenvalue weighted by molar-refractivity contribution is 0.101. The maximum Gasteiger partial charge on any atom is 0.255 e. The first-order valence-electron chi connectivity index (χ1n) is 9.26. The van der Waals surface area contributed by atoms with Crippen LogP contribution in [-0.2, 0) is 0 Å². The van der Waals surface area contributed by atoms with Gasteiger partial charge in [0.2, 0.25) is 0 Å². The van der Waals surface area contributed by atoms with E-state index in [0.29, 0.717) is 22.2 Å². The van der Waals surface area contributed by atoms with Crippen molar-refractivity contribution in [1.82, 2.24) is 0 Å². The monoisotopic (exact) mass is 381 g/mol. The van der Waals surface area contributed by atoms with Crippen LogP contribution in [0.3, 0.4) is 0 Å². The normalized spacial score (nSPS) is 10.7. The molecular formula is C25H19NO3. The van der Waals surface area contributed by atoms with E-state index in [0.717, 1.165) is 16.5 Å². The van der Waals surface area contributed by atoms with Crippen LogP contribution in [0.2, 0.25) is 0 Å². The zero-order valence-electron chi connectivity index (χ0n) is 15.8. The number of carbonyl (C=O) groups excluding carboxylic acids is 2. The van der Waals surface area contributed by atoms with Gasteiger partial charge in [-0.15, -0.1) is 0 Å². The molecule has 0 fully saturated rings. The van der Waals surface area contributed by atoms with E-state index in [1.165, 1.54) is 6.92 Å². The Kier molecular flexibility index (Phi) is 4.83. The smallest absolute Gasteiger partial charge is 0.255 e. The average Bonchev–Trinajstić information content (AvgIpc) is 2.74. The van der Waals surface area contributed by atoms with E-state index in [-0.39, 0.29) is 17.4 Å². The molecule has 0 bridgehead atoms. The van der Waals surface area contributed by atoms with Crippen molar-refractivity contribution in [2.75, 3.05) is 5.32 Å². The lowest BCUT2D eigenvalue weighted by atomic mass is 10.0.